The molecule has 0 radical (unpaired) electrons. The third-order valence-electron chi connectivity index (χ3n) is 2.52. The Morgan fingerprint density at radius 2 is 2.00 bits per heavy atom. The fourth-order valence-corrected chi connectivity index (χ4v) is 2.84. The molecule has 124 valence electrons. The Bertz CT molecular complexity index is 664. The average molecular weight is 361 g/mol. The second-order valence-corrected chi connectivity index (χ2v) is 6.35. The number of carbonyl (C=O) groups is 1. The Hall–Kier alpha value is -1.36. The zero-order valence-electron chi connectivity index (χ0n) is 11.4. The summed E-state index contributed by atoms with van der Waals surface area (Å²) in [5.41, 5.74) is -0.281. The van der Waals surface area contributed by atoms with E-state index in [-0.39, 0.29) is 10.6 Å². The third-order valence-corrected chi connectivity index (χ3v) is 4.68. The molecule has 1 amide bonds. The molecular formula is C11H12ClF3N2O4S. The van der Waals surface area contributed by atoms with Crippen LogP contribution in [-0.4, -0.2) is 45.7 Å². The van der Waals surface area contributed by atoms with Gasteiger partial charge in [-0.15, -0.1) is 0 Å². The van der Waals surface area contributed by atoms with Gasteiger partial charge in [-0.1, -0.05) is 16.1 Å². The van der Waals surface area contributed by atoms with E-state index in [9.17, 15) is 26.4 Å². The van der Waals surface area contributed by atoms with Gasteiger partial charge in [0, 0.05) is 12.6 Å². The van der Waals surface area contributed by atoms with Crippen LogP contribution in [0, 0.1) is 0 Å². The Morgan fingerprint density at radius 1 is 1.41 bits per heavy atom. The zero-order chi connectivity index (χ0) is 17.1. The minimum Gasteiger partial charge on any atom is -0.343 e. The molecule has 0 fully saturated rings. The molecule has 11 heteroatoms. The topological polar surface area (TPSA) is 75.7 Å². The summed E-state index contributed by atoms with van der Waals surface area (Å²) in [6.07, 6.45) is -4.58. The van der Waals surface area contributed by atoms with Crippen molar-refractivity contribution < 1.29 is 31.2 Å². The summed E-state index contributed by atoms with van der Waals surface area (Å²) >= 11 is 5.76. The van der Waals surface area contributed by atoms with Crippen molar-refractivity contribution >= 4 is 27.5 Å². The predicted octanol–water partition coefficient (Wildman–Crippen LogP) is 1.81. The lowest BCUT2D eigenvalue weighted by Gasteiger charge is -2.16. The van der Waals surface area contributed by atoms with Gasteiger partial charge in [0.2, 0.25) is 0 Å². The first kappa shape index (κ1) is 18.7. The first-order valence-corrected chi connectivity index (χ1v) is 7.48. The second-order valence-electron chi connectivity index (χ2n) is 4.04. The molecule has 0 aromatic heterocycles. The molecule has 1 rings (SSSR count). The summed E-state index contributed by atoms with van der Waals surface area (Å²) in [6.45, 7) is -1.53. The maximum absolute atomic E-state index is 12.1. The lowest BCUT2D eigenvalue weighted by atomic mass is 10.2. The molecule has 1 aromatic rings. The van der Waals surface area contributed by atoms with Gasteiger partial charge in [0.15, 0.2) is 0 Å². The minimum atomic E-state index is -4.58. The number of hydroxylamine groups is 1. The third kappa shape index (κ3) is 4.57. The molecule has 6 nitrogen and oxygen atoms in total. The standard InChI is InChI=1S/C11H12ClF3N2O4S/c1-17(21-2)22(19,20)9-5-7(3-4-8(9)12)10(18)16-6-11(13,14)15/h3-5H,6H2,1-2H3,(H,16,18). The largest absolute Gasteiger partial charge is 0.405 e. The molecule has 0 aliphatic heterocycles. The zero-order valence-corrected chi connectivity index (χ0v) is 13.0. The fraction of sp³-hybridized carbons (Fsp3) is 0.364. The van der Waals surface area contributed by atoms with E-state index in [2.05, 4.69) is 4.84 Å². The quantitative estimate of drug-likeness (QED) is 0.813. The molecule has 0 bridgehead atoms. The summed E-state index contributed by atoms with van der Waals surface area (Å²) < 4.78 is 60.9. The van der Waals surface area contributed by atoms with Crippen molar-refractivity contribution in [2.75, 3.05) is 20.7 Å². The van der Waals surface area contributed by atoms with Gasteiger partial charge >= 0.3 is 6.18 Å². The monoisotopic (exact) mass is 360 g/mol. The second kappa shape index (κ2) is 6.82. The smallest absolute Gasteiger partial charge is 0.343 e. The number of alkyl halides is 3. The number of hydrogen-bond donors (Lipinski definition) is 1. The number of benzene rings is 1. The highest BCUT2D eigenvalue weighted by molar-refractivity contribution is 7.89. The maximum Gasteiger partial charge on any atom is 0.405 e. The van der Waals surface area contributed by atoms with Gasteiger partial charge in [0.05, 0.1) is 12.1 Å². The van der Waals surface area contributed by atoms with E-state index in [1.54, 1.807) is 5.32 Å². The number of nitrogens with one attached hydrogen (secondary N) is 1. The average Bonchev–Trinajstić information content (AvgIpc) is 2.43. The summed E-state index contributed by atoms with van der Waals surface area (Å²) in [4.78, 5) is 15.7. The molecule has 0 spiro atoms. The van der Waals surface area contributed by atoms with Crippen molar-refractivity contribution in [2.45, 2.75) is 11.1 Å². The summed E-state index contributed by atoms with van der Waals surface area (Å²) in [7, 11) is -1.94. The van der Waals surface area contributed by atoms with Crippen molar-refractivity contribution in [2.24, 2.45) is 0 Å². The molecule has 1 aromatic carbocycles. The highest BCUT2D eigenvalue weighted by Crippen LogP contribution is 2.25. The lowest BCUT2D eigenvalue weighted by molar-refractivity contribution is -0.123. The van der Waals surface area contributed by atoms with E-state index in [1.165, 1.54) is 0 Å². The Balaban J connectivity index is 3.13. The Kier molecular flexibility index (Phi) is 5.79. The minimum absolute atomic E-state index is 0.198. The molecule has 22 heavy (non-hydrogen) atoms. The molecule has 0 aliphatic rings. The van der Waals surface area contributed by atoms with Gasteiger partial charge in [0.1, 0.15) is 11.4 Å². The van der Waals surface area contributed by atoms with Crippen LogP contribution in [0.2, 0.25) is 5.02 Å². The number of carbonyl (C=O) groups excluding carboxylic acids is 1. The fourth-order valence-electron chi connectivity index (χ4n) is 1.36. The maximum atomic E-state index is 12.1. The van der Waals surface area contributed by atoms with Gasteiger partial charge in [-0.2, -0.15) is 13.2 Å². The van der Waals surface area contributed by atoms with Crippen LogP contribution in [0.25, 0.3) is 0 Å². The molecule has 1 N–H and O–H groups in total. The molecule has 0 heterocycles. The van der Waals surface area contributed by atoms with Crippen LogP contribution >= 0.6 is 11.6 Å². The van der Waals surface area contributed by atoms with Gasteiger partial charge in [-0.3, -0.25) is 9.63 Å². The van der Waals surface area contributed by atoms with Crippen LogP contribution < -0.4 is 5.32 Å². The lowest BCUT2D eigenvalue weighted by Crippen LogP contribution is -2.34. The van der Waals surface area contributed by atoms with Crippen LogP contribution in [-0.2, 0) is 14.9 Å². The first-order valence-electron chi connectivity index (χ1n) is 5.66. The van der Waals surface area contributed by atoms with E-state index in [0.29, 0.717) is 4.47 Å². The van der Waals surface area contributed by atoms with Crippen LogP contribution in [0.15, 0.2) is 23.1 Å². The van der Waals surface area contributed by atoms with E-state index < -0.39 is 33.5 Å². The van der Waals surface area contributed by atoms with E-state index in [1.807, 2.05) is 0 Å². The van der Waals surface area contributed by atoms with Gasteiger partial charge in [0.25, 0.3) is 15.9 Å². The first-order chi connectivity index (χ1) is 9.99. The van der Waals surface area contributed by atoms with E-state index >= 15 is 0 Å². The van der Waals surface area contributed by atoms with Gasteiger partial charge < -0.3 is 5.32 Å². The SMILES string of the molecule is CON(C)S(=O)(=O)c1cc(C(=O)NCC(F)(F)F)ccc1Cl. The number of hydrogen-bond acceptors (Lipinski definition) is 4. The number of rotatable bonds is 5. The highest BCUT2D eigenvalue weighted by Gasteiger charge is 2.29. The van der Waals surface area contributed by atoms with Crippen molar-refractivity contribution in [1.82, 2.24) is 9.79 Å². The Labute approximate surface area is 129 Å². The van der Waals surface area contributed by atoms with Gasteiger partial charge in [-0.05, 0) is 18.2 Å². The molecule has 0 saturated heterocycles. The van der Waals surface area contributed by atoms with Crippen molar-refractivity contribution in [3.63, 3.8) is 0 Å². The normalized spacial score (nSPS) is 12.5. The van der Waals surface area contributed by atoms with Crippen LogP contribution in [0.5, 0.6) is 0 Å². The van der Waals surface area contributed by atoms with Crippen molar-refractivity contribution in [3.8, 4) is 0 Å². The van der Waals surface area contributed by atoms with Gasteiger partial charge in [-0.25, -0.2) is 8.42 Å². The van der Waals surface area contributed by atoms with E-state index in [0.717, 1.165) is 32.4 Å². The molecule has 0 aliphatic carbocycles. The Morgan fingerprint density at radius 3 is 2.50 bits per heavy atom. The number of sulfonamides is 1. The van der Waals surface area contributed by atoms with Crippen LogP contribution in [0.1, 0.15) is 10.4 Å². The number of nitrogens with zero attached hydrogens (tertiary/aromatic N) is 1. The molecule has 0 atom stereocenters. The molecule has 0 unspecified atom stereocenters. The van der Waals surface area contributed by atoms with Crippen molar-refractivity contribution in [1.29, 1.82) is 0 Å². The molecule has 0 saturated carbocycles. The summed E-state index contributed by atoms with van der Waals surface area (Å²) in [5.74, 6) is -1.08. The summed E-state index contributed by atoms with van der Waals surface area (Å²) in [6, 6.07) is 3.08. The van der Waals surface area contributed by atoms with Crippen LogP contribution in [0.3, 0.4) is 0 Å². The highest BCUT2D eigenvalue weighted by atomic mass is 35.5. The number of halogens is 4. The van der Waals surface area contributed by atoms with E-state index in [4.69, 9.17) is 11.6 Å². The van der Waals surface area contributed by atoms with Crippen LogP contribution in [0.4, 0.5) is 13.2 Å². The van der Waals surface area contributed by atoms with Crippen molar-refractivity contribution in [3.05, 3.63) is 28.8 Å². The summed E-state index contributed by atoms with van der Waals surface area (Å²) in [5, 5.41) is 1.44. The number of amides is 1. The predicted molar refractivity (Wildman–Crippen MR) is 71.8 cm³/mol. The molecular weight excluding hydrogens is 349 g/mol.